The molecule has 0 fully saturated rings. The van der Waals surface area contributed by atoms with Gasteiger partial charge in [-0.15, -0.1) is 0 Å². The normalized spacial score (nSPS) is 10.3. The predicted octanol–water partition coefficient (Wildman–Crippen LogP) is 3.47. The number of phenolic OH excluding ortho intramolecular Hbond substituents is 1. The second-order valence-corrected chi connectivity index (χ2v) is 4.57. The van der Waals surface area contributed by atoms with E-state index in [4.69, 9.17) is 0 Å². The molecule has 0 unspecified atom stereocenters. The van der Waals surface area contributed by atoms with Crippen molar-refractivity contribution in [2.24, 2.45) is 0 Å². The van der Waals surface area contributed by atoms with Gasteiger partial charge in [-0.2, -0.15) is 0 Å². The SMILES string of the molecule is CCN(CC)c1ccc(O)c(C(=O)c2ccccc2)c1. The van der Waals surface area contributed by atoms with E-state index in [1.54, 1.807) is 24.3 Å². The van der Waals surface area contributed by atoms with Crippen LogP contribution in [0.2, 0.25) is 0 Å². The topological polar surface area (TPSA) is 40.5 Å². The van der Waals surface area contributed by atoms with E-state index in [1.165, 1.54) is 0 Å². The van der Waals surface area contributed by atoms with Crippen LogP contribution >= 0.6 is 0 Å². The molecule has 104 valence electrons. The van der Waals surface area contributed by atoms with Crippen LogP contribution in [0.25, 0.3) is 0 Å². The molecule has 3 nitrogen and oxygen atoms in total. The molecule has 1 N–H and O–H groups in total. The number of benzene rings is 2. The van der Waals surface area contributed by atoms with E-state index in [0.29, 0.717) is 11.1 Å². The van der Waals surface area contributed by atoms with Gasteiger partial charge >= 0.3 is 0 Å². The summed E-state index contributed by atoms with van der Waals surface area (Å²) >= 11 is 0. The van der Waals surface area contributed by atoms with Gasteiger partial charge in [0.15, 0.2) is 5.78 Å². The molecule has 0 saturated heterocycles. The van der Waals surface area contributed by atoms with E-state index >= 15 is 0 Å². The van der Waals surface area contributed by atoms with Gasteiger partial charge in [-0.1, -0.05) is 30.3 Å². The van der Waals surface area contributed by atoms with Gasteiger partial charge < -0.3 is 10.0 Å². The zero-order valence-electron chi connectivity index (χ0n) is 11.8. The molecule has 0 aliphatic carbocycles. The van der Waals surface area contributed by atoms with Crippen LogP contribution in [-0.4, -0.2) is 24.0 Å². The molecule has 2 rings (SSSR count). The molecule has 2 aromatic carbocycles. The lowest BCUT2D eigenvalue weighted by Gasteiger charge is -2.21. The molecule has 0 aliphatic heterocycles. The zero-order chi connectivity index (χ0) is 14.5. The van der Waals surface area contributed by atoms with Crippen LogP contribution in [0.4, 0.5) is 5.69 Å². The smallest absolute Gasteiger partial charge is 0.196 e. The number of hydrogen-bond donors (Lipinski definition) is 1. The number of anilines is 1. The van der Waals surface area contributed by atoms with E-state index in [0.717, 1.165) is 18.8 Å². The van der Waals surface area contributed by atoms with Crippen molar-refractivity contribution in [2.75, 3.05) is 18.0 Å². The zero-order valence-corrected chi connectivity index (χ0v) is 11.8. The average molecular weight is 269 g/mol. The first-order valence-electron chi connectivity index (χ1n) is 6.85. The Morgan fingerprint density at radius 1 is 1.05 bits per heavy atom. The van der Waals surface area contributed by atoms with Crippen LogP contribution in [0.3, 0.4) is 0 Å². The minimum Gasteiger partial charge on any atom is -0.507 e. The molecule has 0 aliphatic rings. The monoisotopic (exact) mass is 269 g/mol. The highest BCUT2D eigenvalue weighted by Gasteiger charge is 2.15. The van der Waals surface area contributed by atoms with Crippen molar-refractivity contribution >= 4 is 11.5 Å². The van der Waals surface area contributed by atoms with Crippen molar-refractivity contribution in [1.82, 2.24) is 0 Å². The molecule has 0 radical (unpaired) electrons. The van der Waals surface area contributed by atoms with Gasteiger partial charge in [0.25, 0.3) is 0 Å². The Hall–Kier alpha value is -2.29. The van der Waals surface area contributed by atoms with Gasteiger partial charge in [-0.3, -0.25) is 4.79 Å². The maximum atomic E-state index is 12.4. The Balaban J connectivity index is 2.41. The highest BCUT2D eigenvalue weighted by molar-refractivity contribution is 6.11. The van der Waals surface area contributed by atoms with Gasteiger partial charge in [0.05, 0.1) is 5.56 Å². The summed E-state index contributed by atoms with van der Waals surface area (Å²) in [6.45, 7) is 5.85. The standard InChI is InChI=1S/C17H19NO2/c1-3-18(4-2)14-10-11-16(19)15(12-14)17(20)13-8-6-5-7-9-13/h5-12,19H,3-4H2,1-2H3. The first-order chi connectivity index (χ1) is 9.67. The third-order valence-electron chi connectivity index (χ3n) is 3.39. The number of carbonyl (C=O) groups excluding carboxylic acids is 1. The summed E-state index contributed by atoms with van der Waals surface area (Å²) in [5.74, 6) is -0.133. The van der Waals surface area contributed by atoms with Crippen molar-refractivity contribution < 1.29 is 9.90 Å². The summed E-state index contributed by atoms with van der Waals surface area (Å²) in [6.07, 6.45) is 0. The Morgan fingerprint density at radius 3 is 2.30 bits per heavy atom. The van der Waals surface area contributed by atoms with E-state index in [2.05, 4.69) is 18.7 Å². The number of nitrogens with zero attached hydrogens (tertiary/aromatic N) is 1. The fraction of sp³-hybridized carbons (Fsp3) is 0.235. The quantitative estimate of drug-likeness (QED) is 0.845. The number of rotatable bonds is 5. The van der Waals surface area contributed by atoms with Crippen molar-refractivity contribution in [2.45, 2.75) is 13.8 Å². The second-order valence-electron chi connectivity index (χ2n) is 4.57. The first-order valence-corrected chi connectivity index (χ1v) is 6.85. The van der Waals surface area contributed by atoms with E-state index < -0.39 is 0 Å². The molecule has 2 aromatic rings. The largest absolute Gasteiger partial charge is 0.507 e. The molecule has 0 saturated carbocycles. The molecule has 0 heterocycles. The lowest BCUT2D eigenvalue weighted by Crippen LogP contribution is -2.22. The maximum absolute atomic E-state index is 12.4. The van der Waals surface area contributed by atoms with Crippen LogP contribution < -0.4 is 4.90 Å². The number of ketones is 1. The third kappa shape index (κ3) is 2.82. The van der Waals surface area contributed by atoms with Crippen LogP contribution in [0.5, 0.6) is 5.75 Å². The Kier molecular flexibility index (Phi) is 4.41. The molecular formula is C17H19NO2. The number of carbonyl (C=O) groups is 1. The summed E-state index contributed by atoms with van der Waals surface area (Å²) in [7, 11) is 0. The minimum absolute atomic E-state index is 0.0229. The molecule has 0 atom stereocenters. The summed E-state index contributed by atoms with van der Waals surface area (Å²) < 4.78 is 0. The molecule has 0 aromatic heterocycles. The van der Waals surface area contributed by atoms with E-state index in [9.17, 15) is 9.90 Å². The predicted molar refractivity (Wildman–Crippen MR) is 81.5 cm³/mol. The summed E-state index contributed by atoms with van der Waals surface area (Å²) in [6, 6.07) is 14.2. The average Bonchev–Trinajstić information content (AvgIpc) is 2.50. The van der Waals surface area contributed by atoms with Crippen molar-refractivity contribution in [3.05, 3.63) is 59.7 Å². The fourth-order valence-corrected chi connectivity index (χ4v) is 2.24. The van der Waals surface area contributed by atoms with Gasteiger partial charge in [0.1, 0.15) is 5.75 Å². The van der Waals surface area contributed by atoms with Gasteiger partial charge in [0, 0.05) is 24.3 Å². The molecule has 20 heavy (non-hydrogen) atoms. The number of phenols is 1. The Bertz CT molecular complexity index is 589. The fourth-order valence-electron chi connectivity index (χ4n) is 2.24. The molecular weight excluding hydrogens is 250 g/mol. The van der Waals surface area contributed by atoms with E-state index in [-0.39, 0.29) is 11.5 Å². The van der Waals surface area contributed by atoms with Gasteiger partial charge in [-0.25, -0.2) is 0 Å². The Morgan fingerprint density at radius 2 is 1.70 bits per heavy atom. The van der Waals surface area contributed by atoms with Crippen molar-refractivity contribution in [3.63, 3.8) is 0 Å². The molecule has 0 amide bonds. The number of hydrogen-bond acceptors (Lipinski definition) is 3. The lowest BCUT2D eigenvalue weighted by molar-refractivity contribution is 0.103. The van der Waals surface area contributed by atoms with Crippen molar-refractivity contribution in [1.29, 1.82) is 0 Å². The van der Waals surface area contributed by atoms with Crippen LogP contribution in [0.15, 0.2) is 48.5 Å². The highest BCUT2D eigenvalue weighted by atomic mass is 16.3. The van der Waals surface area contributed by atoms with Crippen LogP contribution in [-0.2, 0) is 0 Å². The highest BCUT2D eigenvalue weighted by Crippen LogP contribution is 2.26. The maximum Gasteiger partial charge on any atom is 0.196 e. The van der Waals surface area contributed by atoms with Gasteiger partial charge in [-0.05, 0) is 32.0 Å². The van der Waals surface area contributed by atoms with E-state index in [1.807, 2.05) is 24.3 Å². The van der Waals surface area contributed by atoms with Crippen LogP contribution in [0.1, 0.15) is 29.8 Å². The second kappa shape index (κ2) is 6.24. The van der Waals surface area contributed by atoms with Crippen molar-refractivity contribution in [3.8, 4) is 5.75 Å². The Labute approximate surface area is 119 Å². The number of aromatic hydroxyl groups is 1. The summed E-state index contributed by atoms with van der Waals surface area (Å²) in [5, 5.41) is 9.95. The minimum atomic E-state index is -0.155. The summed E-state index contributed by atoms with van der Waals surface area (Å²) in [5.41, 5.74) is 1.88. The molecule has 0 spiro atoms. The molecule has 0 bridgehead atoms. The van der Waals surface area contributed by atoms with Crippen LogP contribution in [0, 0.1) is 0 Å². The lowest BCUT2D eigenvalue weighted by atomic mass is 10.0. The first kappa shape index (κ1) is 14.1. The summed E-state index contributed by atoms with van der Waals surface area (Å²) in [4.78, 5) is 14.6. The third-order valence-corrected chi connectivity index (χ3v) is 3.39. The molecule has 3 heteroatoms. The van der Waals surface area contributed by atoms with Gasteiger partial charge in [0.2, 0.25) is 0 Å².